The molecule has 0 aromatic heterocycles. The van der Waals surface area contributed by atoms with E-state index < -0.39 is 0 Å². The number of nitrogens with zero attached hydrogens (tertiary/aromatic N) is 1. The lowest BCUT2D eigenvalue weighted by Crippen LogP contribution is -2.12. The fourth-order valence-electron chi connectivity index (χ4n) is 1.98. The van der Waals surface area contributed by atoms with Gasteiger partial charge in [0.05, 0.1) is 12.3 Å². The quantitative estimate of drug-likeness (QED) is 0.865. The minimum Gasteiger partial charge on any atom is -0.492 e. The molecule has 1 N–H and O–H groups in total. The van der Waals surface area contributed by atoms with Gasteiger partial charge in [0.1, 0.15) is 11.6 Å². The van der Waals surface area contributed by atoms with Crippen LogP contribution in [-0.2, 0) is 0 Å². The average Bonchev–Trinajstić information content (AvgIpc) is 2.61. The highest BCUT2D eigenvalue weighted by Crippen LogP contribution is 2.24. The number of nitrogens with one attached hydrogen (secondary N) is 1. The Labute approximate surface area is 103 Å². The number of aliphatic imine (C=N–C) groups is 1. The maximum Gasteiger partial charge on any atom is 0.142 e. The molecule has 1 aliphatic heterocycles. The Morgan fingerprint density at radius 1 is 1.24 bits per heavy atom. The summed E-state index contributed by atoms with van der Waals surface area (Å²) < 4.78 is 5.59. The summed E-state index contributed by atoms with van der Waals surface area (Å²) in [4.78, 5) is 4.57. The Morgan fingerprint density at radius 3 is 3.00 bits per heavy atom. The van der Waals surface area contributed by atoms with Crippen LogP contribution in [0.3, 0.4) is 0 Å². The Balaban J connectivity index is 2.08. The van der Waals surface area contributed by atoms with Crippen LogP contribution in [0.15, 0.2) is 29.3 Å². The first-order valence-electron chi connectivity index (χ1n) is 6.42. The van der Waals surface area contributed by atoms with Gasteiger partial charge in [0, 0.05) is 13.0 Å². The molecule has 17 heavy (non-hydrogen) atoms. The van der Waals surface area contributed by atoms with Gasteiger partial charge in [-0.1, -0.05) is 18.6 Å². The fraction of sp³-hybridized carbons (Fsp3) is 0.500. The lowest BCUT2D eigenvalue weighted by Gasteiger charge is -2.13. The monoisotopic (exact) mass is 232 g/mol. The molecule has 0 saturated carbocycles. The zero-order valence-corrected chi connectivity index (χ0v) is 10.4. The minimum atomic E-state index is 0.686. The summed E-state index contributed by atoms with van der Waals surface area (Å²) in [5, 5.41) is 3.40. The molecule has 0 saturated heterocycles. The van der Waals surface area contributed by atoms with Crippen molar-refractivity contribution < 1.29 is 4.74 Å². The Hall–Kier alpha value is -1.51. The van der Waals surface area contributed by atoms with Crippen LogP contribution in [0.25, 0.3) is 0 Å². The SMILES string of the molecule is CCOc1ccccc1NC1=NCCCCC1. The van der Waals surface area contributed by atoms with Crippen LogP contribution in [0.2, 0.25) is 0 Å². The number of hydrogen-bond donors (Lipinski definition) is 1. The number of amidine groups is 1. The first-order valence-corrected chi connectivity index (χ1v) is 6.42. The summed E-state index contributed by atoms with van der Waals surface area (Å²) in [6, 6.07) is 8.04. The molecule has 1 heterocycles. The van der Waals surface area contributed by atoms with Gasteiger partial charge in [-0.3, -0.25) is 4.99 Å². The molecule has 2 rings (SSSR count). The predicted octanol–water partition coefficient (Wildman–Crippen LogP) is 3.47. The summed E-state index contributed by atoms with van der Waals surface area (Å²) in [5.74, 6) is 2.00. The van der Waals surface area contributed by atoms with Crippen LogP contribution >= 0.6 is 0 Å². The molecule has 92 valence electrons. The van der Waals surface area contributed by atoms with Crippen molar-refractivity contribution in [1.82, 2.24) is 0 Å². The molecule has 1 aliphatic rings. The molecule has 0 atom stereocenters. The van der Waals surface area contributed by atoms with Crippen LogP contribution in [-0.4, -0.2) is 19.0 Å². The van der Waals surface area contributed by atoms with Crippen molar-refractivity contribution >= 4 is 11.5 Å². The number of benzene rings is 1. The molecule has 3 heteroatoms. The predicted molar refractivity (Wildman–Crippen MR) is 72.0 cm³/mol. The first kappa shape index (κ1) is 12.0. The van der Waals surface area contributed by atoms with Crippen molar-refractivity contribution in [3.63, 3.8) is 0 Å². The van der Waals surface area contributed by atoms with Crippen molar-refractivity contribution in [2.24, 2.45) is 4.99 Å². The standard InChI is InChI=1S/C14H20N2O/c1-2-17-13-9-6-5-8-12(13)16-14-10-4-3-7-11-15-14/h5-6,8-9H,2-4,7,10-11H2,1H3,(H,15,16). The van der Waals surface area contributed by atoms with Crippen LogP contribution in [0.5, 0.6) is 5.75 Å². The molecule has 1 aromatic rings. The lowest BCUT2D eigenvalue weighted by molar-refractivity contribution is 0.342. The van der Waals surface area contributed by atoms with E-state index in [0.717, 1.165) is 30.2 Å². The fourth-order valence-corrected chi connectivity index (χ4v) is 1.98. The first-order chi connectivity index (χ1) is 8.40. The summed E-state index contributed by atoms with van der Waals surface area (Å²) in [5.41, 5.74) is 1.02. The van der Waals surface area contributed by atoms with E-state index in [2.05, 4.69) is 10.3 Å². The molecule has 0 radical (unpaired) electrons. The number of ether oxygens (including phenoxy) is 1. The summed E-state index contributed by atoms with van der Waals surface area (Å²) in [6.45, 7) is 3.63. The maximum atomic E-state index is 5.59. The summed E-state index contributed by atoms with van der Waals surface area (Å²) in [7, 11) is 0. The molecule has 0 aliphatic carbocycles. The lowest BCUT2D eigenvalue weighted by atomic mass is 10.2. The van der Waals surface area contributed by atoms with Crippen molar-refractivity contribution in [2.75, 3.05) is 18.5 Å². The third-order valence-corrected chi connectivity index (χ3v) is 2.84. The number of para-hydroxylation sites is 2. The van der Waals surface area contributed by atoms with E-state index in [1.165, 1.54) is 19.3 Å². The third-order valence-electron chi connectivity index (χ3n) is 2.84. The molecule has 0 amide bonds. The molecule has 0 spiro atoms. The molecular formula is C14H20N2O. The zero-order chi connectivity index (χ0) is 11.9. The van der Waals surface area contributed by atoms with Gasteiger partial charge < -0.3 is 10.1 Å². The highest BCUT2D eigenvalue weighted by Gasteiger charge is 2.07. The van der Waals surface area contributed by atoms with Crippen molar-refractivity contribution in [2.45, 2.75) is 32.6 Å². The van der Waals surface area contributed by atoms with E-state index in [1.54, 1.807) is 0 Å². The second-order valence-corrected chi connectivity index (χ2v) is 4.19. The smallest absolute Gasteiger partial charge is 0.142 e. The largest absolute Gasteiger partial charge is 0.492 e. The van der Waals surface area contributed by atoms with Gasteiger partial charge in [-0.15, -0.1) is 0 Å². The molecular weight excluding hydrogens is 212 g/mol. The Kier molecular flexibility index (Phi) is 4.42. The summed E-state index contributed by atoms with van der Waals surface area (Å²) in [6.07, 6.45) is 4.75. The van der Waals surface area contributed by atoms with Crippen LogP contribution < -0.4 is 10.1 Å². The number of hydrogen-bond acceptors (Lipinski definition) is 3. The molecule has 0 fully saturated rings. The van der Waals surface area contributed by atoms with E-state index in [4.69, 9.17) is 4.74 Å². The Bertz CT molecular complexity index is 388. The minimum absolute atomic E-state index is 0.686. The van der Waals surface area contributed by atoms with Gasteiger partial charge in [-0.25, -0.2) is 0 Å². The molecule has 0 bridgehead atoms. The van der Waals surface area contributed by atoms with Crippen LogP contribution in [0, 0.1) is 0 Å². The van der Waals surface area contributed by atoms with E-state index in [1.807, 2.05) is 31.2 Å². The maximum absolute atomic E-state index is 5.59. The third kappa shape index (κ3) is 3.48. The van der Waals surface area contributed by atoms with Gasteiger partial charge in [0.25, 0.3) is 0 Å². The second kappa shape index (κ2) is 6.28. The van der Waals surface area contributed by atoms with Gasteiger partial charge in [0.2, 0.25) is 0 Å². The van der Waals surface area contributed by atoms with E-state index in [-0.39, 0.29) is 0 Å². The van der Waals surface area contributed by atoms with Gasteiger partial charge in [-0.2, -0.15) is 0 Å². The highest BCUT2D eigenvalue weighted by atomic mass is 16.5. The van der Waals surface area contributed by atoms with Crippen LogP contribution in [0.4, 0.5) is 5.69 Å². The normalized spacial score (nSPS) is 15.9. The van der Waals surface area contributed by atoms with E-state index in [0.29, 0.717) is 6.61 Å². The van der Waals surface area contributed by atoms with Gasteiger partial charge in [0.15, 0.2) is 0 Å². The number of rotatable bonds is 3. The van der Waals surface area contributed by atoms with Gasteiger partial charge in [-0.05, 0) is 31.9 Å². The Morgan fingerprint density at radius 2 is 2.12 bits per heavy atom. The van der Waals surface area contributed by atoms with Crippen molar-refractivity contribution in [3.8, 4) is 5.75 Å². The molecule has 0 unspecified atom stereocenters. The molecule has 1 aromatic carbocycles. The summed E-state index contributed by atoms with van der Waals surface area (Å²) >= 11 is 0. The van der Waals surface area contributed by atoms with E-state index >= 15 is 0 Å². The van der Waals surface area contributed by atoms with Crippen LogP contribution in [0.1, 0.15) is 32.6 Å². The van der Waals surface area contributed by atoms with E-state index in [9.17, 15) is 0 Å². The topological polar surface area (TPSA) is 33.6 Å². The molecule has 3 nitrogen and oxygen atoms in total. The van der Waals surface area contributed by atoms with Gasteiger partial charge >= 0.3 is 0 Å². The second-order valence-electron chi connectivity index (χ2n) is 4.19. The zero-order valence-electron chi connectivity index (χ0n) is 10.4. The number of anilines is 1. The van der Waals surface area contributed by atoms with Crippen molar-refractivity contribution in [3.05, 3.63) is 24.3 Å². The highest BCUT2D eigenvalue weighted by molar-refractivity contribution is 5.96. The van der Waals surface area contributed by atoms with Crippen molar-refractivity contribution in [1.29, 1.82) is 0 Å². The average molecular weight is 232 g/mol.